The van der Waals surface area contributed by atoms with Gasteiger partial charge in [-0.1, -0.05) is 6.92 Å². The Hall–Kier alpha value is -1.69. The summed E-state index contributed by atoms with van der Waals surface area (Å²) in [5.74, 6) is -0.104. The number of benzene rings is 1. The number of nitrogens with zero attached hydrogens (tertiary/aromatic N) is 2. The summed E-state index contributed by atoms with van der Waals surface area (Å²) in [5.41, 5.74) is 0.113. The van der Waals surface area contributed by atoms with Gasteiger partial charge in [0.15, 0.2) is 5.82 Å². The minimum Gasteiger partial charge on any atom is -0.380 e. The van der Waals surface area contributed by atoms with Gasteiger partial charge >= 0.3 is 0 Å². The second kappa shape index (κ2) is 6.85. The molecule has 1 fully saturated rings. The number of hydrogen-bond acceptors (Lipinski definition) is 4. The van der Waals surface area contributed by atoms with Crippen LogP contribution in [0.4, 0.5) is 15.8 Å². The molecule has 2 rings (SSSR count). The molecule has 0 saturated carbocycles. The van der Waals surface area contributed by atoms with Crippen molar-refractivity contribution in [2.45, 2.75) is 32.7 Å². The first-order valence-corrected chi connectivity index (χ1v) is 7.44. The van der Waals surface area contributed by atoms with Crippen LogP contribution in [-0.2, 0) is 0 Å². The van der Waals surface area contributed by atoms with E-state index >= 15 is 0 Å². The molecule has 0 aromatic heterocycles. The highest BCUT2D eigenvalue weighted by atomic mass is 19.1. The van der Waals surface area contributed by atoms with Crippen LogP contribution in [0.5, 0.6) is 0 Å². The number of rotatable bonds is 5. The van der Waals surface area contributed by atoms with Gasteiger partial charge in [0.05, 0.1) is 16.7 Å². The lowest BCUT2D eigenvalue weighted by atomic mass is 9.91. The van der Waals surface area contributed by atoms with Crippen LogP contribution in [0, 0.1) is 21.8 Å². The number of nitro benzene ring substituents is 1. The standard InChI is InChI=1S/C15H22FN3O2/c1-3-18-8-4-5-12(10-18)11(2)17-15-7-6-13(19(20)21)9-14(15)16/h6-7,9,11-12,17H,3-5,8,10H2,1-2H3. The number of nitro groups is 1. The second-order valence-electron chi connectivity index (χ2n) is 5.65. The third-order valence-corrected chi connectivity index (χ3v) is 4.24. The smallest absolute Gasteiger partial charge is 0.272 e. The first-order valence-electron chi connectivity index (χ1n) is 7.44. The zero-order valence-corrected chi connectivity index (χ0v) is 12.5. The van der Waals surface area contributed by atoms with Crippen molar-refractivity contribution < 1.29 is 9.31 Å². The summed E-state index contributed by atoms with van der Waals surface area (Å²) >= 11 is 0. The highest BCUT2D eigenvalue weighted by Gasteiger charge is 2.24. The van der Waals surface area contributed by atoms with Gasteiger partial charge in [0, 0.05) is 18.7 Å². The van der Waals surface area contributed by atoms with E-state index in [-0.39, 0.29) is 11.7 Å². The maximum Gasteiger partial charge on any atom is 0.272 e. The van der Waals surface area contributed by atoms with Crippen LogP contribution in [0.1, 0.15) is 26.7 Å². The van der Waals surface area contributed by atoms with Crippen molar-refractivity contribution >= 4 is 11.4 Å². The average Bonchev–Trinajstić information content (AvgIpc) is 2.49. The van der Waals surface area contributed by atoms with Gasteiger partial charge < -0.3 is 10.2 Å². The molecule has 0 bridgehead atoms. The fourth-order valence-corrected chi connectivity index (χ4v) is 2.88. The van der Waals surface area contributed by atoms with Crippen LogP contribution in [0.25, 0.3) is 0 Å². The highest BCUT2D eigenvalue weighted by molar-refractivity contribution is 5.50. The molecule has 1 aliphatic rings. The molecule has 1 saturated heterocycles. The zero-order valence-electron chi connectivity index (χ0n) is 12.5. The summed E-state index contributed by atoms with van der Waals surface area (Å²) in [7, 11) is 0. The van der Waals surface area contributed by atoms with Crippen molar-refractivity contribution in [2.24, 2.45) is 5.92 Å². The Labute approximate surface area is 124 Å². The zero-order chi connectivity index (χ0) is 15.4. The summed E-state index contributed by atoms with van der Waals surface area (Å²) < 4.78 is 13.9. The lowest BCUT2D eigenvalue weighted by molar-refractivity contribution is -0.385. The van der Waals surface area contributed by atoms with E-state index in [1.807, 2.05) is 6.92 Å². The number of halogens is 1. The number of non-ortho nitro benzene ring substituents is 1. The van der Waals surface area contributed by atoms with Crippen molar-refractivity contribution in [1.29, 1.82) is 0 Å². The molecule has 0 spiro atoms. The molecule has 1 aromatic carbocycles. The maximum atomic E-state index is 13.9. The Morgan fingerprint density at radius 1 is 1.57 bits per heavy atom. The average molecular weight is 295 g/mol. The van der Waals surface area contributed by atoms with E-state index in [1.165, 1.54) is 12.1 Å². The minimum absolute atomic E-state index is 0.135. The van der Waals surface area contributed by atoms with Gasteiger partial charge in [0.1, 0.15) is 0 Å². The van der Waals surface area contributed by atoms with E-state index < -0.39 is 10.7 Å². The maximum absolute atomic E-state index is 13.9. The molecule has 0 amide bonds. The predicted molar refractivity (Wildman–Crippen MR) is 81.0 cm³/mol. The number of piperidine rings is 1. The van der Waals surface area contributed by atoms with Gasteiger partial charge in [-0.2, -0.15) is 0 Å². The lowest BCUT2D eigenvalue weighted by Gasteiger charge is -2.35. The summed E-state index contributed by atoms with van der Waals surface area (Å²) in [6.07, 6.45) is 2.28. The van der Waals surface area contributed by atoms with Gasteiger partial charge in [-0.25, -0.2) is 4.39 Å². The van der Waals surface area contributed by atoms with Gasteiger partial charge in [-0.15, -0.1) is 0 Å². The third kappa shape index (κ3) is 3.91. The van der Waals surface area contributed by atoms with E-state index in [4.69, 9.17) is 0 Å². The highest BCUT2D eigenvalue weighted by Crippen LogP contribution is 2.25. The van der Waals surface area contributed by atoms with Crippen molar-refractivity contribution in [3.8, 4) is 0 Å². The molecule has 116 valence electrons. The van der Waals surface area contributed by atoms with E-state index in [0.29, 0.717) is 11.6 Å². The number of anilines is 1. The molecule has 6 heteroatoms. The summed E-state index contributed by atoms with van der Waals surface area (Å²) in [6.45, 7) is 7.38. The fraction of sp³-hybridized carbons (Fsp3) is 0.600. The van der Waals surface area contributed by atoms with Gasteiger partial charge in [-0.05, 0) is 44.8 Å². The summed E-state index contributed by atoms with van der Waals surface area (Å²) in [6, 6.07) is 3.88. The monoisotopic (exact) mass is 295 g/mol. The van der Waals surface area contributed by atoms with E-state index in [9.17, 15) is 14.5 Å². The Balaban J connectivity index is 2.02. The Morgan fingerprint density at radius 2 is 2.33 bits per heavy atom. The first-order chi connectivity index (χ1) is 10.0. The predicted octanol–water partition coefficient (Wildman–Crippen LogP) is 3.27. The van der Waals surface area contributed by atoms with Crippen molar-refractivity contribution in [1.82, 2.24) is 4.90 Å². The number of likely N-dealkylation sites (tertiary alicyclic amines) is 1. The second-order valence-corrected chi connectivity index (χ2v) is 5.65. The van der Waals surface area contributed by atoms with Crippen LogP contribution in [0.15, 0.2) is 18.2 Å². The molecule has 0 aliphatic carbocycles. The Bertz CT molecular complexity index is 510. The lowest BCUT2D eigenvalue weighted by Crippen LogP contribution is -2.41. The van der Waals surface area contributed by atoms with Crippen molar-refractivity contribution in [3.63, 3.8) is 0 Å². The quantitative estimate of drug-likeness (QED) is 0.669. The Kier molecular flexibility index (Phi) is 5.12. The molecule has 5 nitrogen and oxygen atoms in total. The van der Waals surface area contributed by atoms with Crippen LogP contribution in [-0.4, -0.2) is 35.5 Å². The number of hydrogen-bond donors (Lipinski definition) is 1. The topological polar surface area (TPSA) is 58.4 Å². The first kappa shape index (κ1) is 15.7. The normalized spacial score (nSPS) is 21.0. The van der Waals surface area contributed by atoms with Crippen molar-refractivity contribution in [2.75, 3.05) is 25.0 Å². The fourth-order valence-electron chi connectivity index (χ4n) is 2.88. The van der Waals surface area contributed by atoms with E-state index in [2.05, 4.69) is 17.1 Å². The SMILES string of the molecule is CCN1CCCC(C(C)Nc2ccc([N+](=O)[O-])cc2F)C1. The van der Waals surface area contributed by atoms with Crippen LogP contribution >= 0.6 is 0 Å². The third-order valence-electron chi connectivity index (χ3n) is 4.24. The summed E-state index contributed by atoms with van der Waals surface area (Å²) in [4.78, 5) is 12.4. The molecule has 2 atom stereocenters. The molecule has 1 aromatic rings. The molecule has 2 unspecified atom stereocenters. The molecule has 0 radical (unpaired) electrons. The van der Waals surface area contributed by atoms with Gasteiger partial charge in [-0.3, -0.25) is 10.1 Å². The van der Waals surface area contributed by atoms with E-state index in [1.54, 1.807) is 0 Å². The molecule has 1 N–H and O–H groups in total. The van der Waals surface area contributed by atoms with Gasteiger partial charge in [0.25, 0.3) is 5.69 Å². The molecule has 1 heterocycles. The molecule has 1 aliphatic heterocycles. The van der Waals surface area contributed by atoms with Gasteiger partial charge in [0.2, 0.25) is 0 Å². The van der Waals surface area contributed by atoms with Crippen LogP contribution in [0.2, 0.25) is 0 Å². The van der Waals surface area contributed by atoms with Crippen LogP contribution < -0.4 is 5.32 Å². The van der Waals surface area contributed by atoms with Crippen LogP contribution in [0.3, 0.4) is 0 Å². The Morgan fingerprint density at radius 3 is 2.95 bits per heavy atom. The summed E-state index contributed by atoms with van der Waals surface area (Å²) in [5, 5.41) is 13.8. The molecule has 21 heavy (non-hydrogen) atoms. The van der Waals surface area contributed by atoms with Crippen molar-refractivity contribution in [3.05, 3.63) is 34.1 Å². The molecular weight excluding hydrogens is 273 g/mol. The number of nitrogens with one attached hydrogen (secondary N) is 1. The largest absolute Gasteiger partial charge is 0.380 e. The minimum atomic E-state index is -0.587. The molecular formula is C15H22FN3O2. The van der Waals surface area contributed by atoms with E-state index in [0.717, 1.165) is 38.5 Å².